The molecule has 0 heterocycles. The largest absolute Gasteiger partial charge is 0.377 e. The van der Waals surface area contributed by atoms with E-state index in [0.717, 1.165) is 0 Å². The number of hydrogen-bond donors (Lipinski definition) is 1. The molecule has 0 fully saturated rings. The summed E-state index contributed by atoms with van der Waals surface area (Å²) in [6, 6.07) is 0. The topological polar surface area (TPSA) is 37.3 Å². The van der Waals surface area contributed by atoms with Crippen LogP contribution in [0.15, 0.2) is 24.3 Å². The van der Waals surface area contributed by atoms with Crippen LogP contribution < -0.4 is 0 Å². The molecule has 0 aliphatic heterocycles. The molecule has 0 aromatic rings. The van der Waals surface area contributed by atoms with E-state index in [-0.39, 0.29) is 11.7 Å². The van der Waals surface area contributed by atoms with E-state index in [9.17, 15) is 9.90 Å². The number of Topliss-reactive ketones (excluding diaryl/α,β-unsaturated/α-hetero) is 1. The molecule has 0 aromatic heterocycles. The molecule has 1 rings (SSSR count). The van der Waals surface area contributed by atoms with E-state index in [2.05, 4.69) is 6.92 Å². The first-order valence-corrected chi connectivity index (χ1v) is 3.50. The fourth-order valence-corrected chi connectivity index (χ4v) is 1.05. The van der Waals surface area contributed by atoms with Crippen molar-refractivity contribution in [2.24, 2.45) is 5.92 Å². The highest BCUT2D eigenvalue weighted by Gasteiger charge is 2.35. The molecule has 0 saturated carbocycles. The first-order chi connectivity index (χ1) is 5.07. The molecule has 2 unspecified atom stereocenters. The van der Waals surface area contributed by atoms with Gasteiger partial charge in [0.05, 0.1) is 0 Å². The average molecular weight is 151 g/mol. The Bertz CT molecular complexity index is 228. The molecule has 1 radical (unpaired) electrons. The summed E-state index contributed by atoms with van der Waals surface area (Å²) in [4.78, 5) is 11.0. The second-order valence-electron chi connectivity index (χ2n) is 2.73. The predicted molar refractivity (Wildman–Crippen MR) is 42.8 cm³/mol. The lowest BCUT2D eigenvalue weighted by Gasteiger charge is -2.28. The van der Waals surface area contributed by atoms with E-state index in [4.69, 9.17) is 0 Å². The number of carbonyl (C=O) groups excluding carboxylic acids is 1. The van der Waals surface area contributed by atoms with Gasteiger partial charge in [-0.05, 0) is 19.9 Å². The van der Waals surface area contributed by atoms with Crippen LogP contribution in [0.25, 0.3) is 0 Å². The van der Waals surface area contributed by atoms with E-state index in [0.29, 0.717) is 0 Å². The van der Waals surface area contributed by atoms with Gasteiger partial charge >= 0.3 is 0 Å². The summed E-state index contributed by atoms with van der Waals surface area (Å²) < 4.78 is 0. The Labute approximate surface area is 66.2 Å². The van der Waals surface area contributed by atoms with Crippen molar-refractivity contribution in [2.75, 3.05) is 0 Å². The van der Waals surface area contributed by atoms with Crippen LogP contribution in [0, 0.1) is 12.8 Å². The quantitative estimate of drug-likeness (QED) is 0.604. The molecule has 2 atom stereocenters. The highest BCUT2D eigenvalue weighted by molar-refractivity contribution is 5.88. The third-order valence-corrected chi connectivity index (χ3v) is 1.93. The van der Waals surface area contributed by atoms with Crippen LogP contribution in [0.4, 0.5) is 0 Å². The van der Waals surface area contributed by atoms with Gasteiger partial charge in [-0.1, -0.05) is 18.2 Å². The molecule has 2 heteroatoms. The Balaban J connectivity index is 2.94. The smallest absolute Gasteiger partial charge is 0.165 e. The predicted octanol–water partition coefficient (Wildman–Crippen LogP) is 0.883. The van der Waals surface area contributed by atoms with Crippen molar-refractivity contribution in [2.45, 2.75) is 12.5 Å². The van der Waals surface area contributed by atoms with Crippen molar-refractivity contribution < 1.29 is 9.90 Å². The van der Waals surface area contributed by atoms with Crippen molar-refractivity contribution in [1.82, 2.24) is 0 Å². The van der Waals surface area contributed by atoms with E-state index in [1.807, 2.05) is 0 Å². The monoisotopic (exact) mass is 151 g/mol. The van der Waals surface area contributed by atoms with Crippen molar-refractivity contribution >= 4 is 5.78 Å². The van der Waals surface area contributed by atoms with Crippen LogP contribution in [-0.4, -0.2) is 16.5 Å². The molecule has 1 aliphatic carbocycles. The minimum absolute atomic E-state index is 0.266. The number of carbonyl (C=O) groups is 1. The lowest BCUT2D eigenvalue weighted by atomic mass is 9.82. The molecule has 1 N–H and O–H groups in total. The van der Waals surface area contributed by atoms with Gasteiger partial charge in [0.2, 0.25) is 0 Å². The SMILES string of the molecule is [CH2]C1C=CC=CC1(O)C(C)=O. The first kappa shape index (κ1) is 8.21. The molecule has 0 bridgehead atoms. The molecule has 1 aliphatic rings. The molecule has 2 nitrogen and oxygen atoms in total. The fourth-order valence-electron chi connectivity index (χ4n) is 1.05. The highest BCUT2D eigenvalue weighted by Crippen LogP contribution is 2.24. The average Bonchev–Trinajstić information content (AvgIpc) is 1.95. The maximum atomic E-state index is 11.0. The van der Waals surface area contributed by atoms with Gasteiger partial charge in [0.25, 0.3) is 0 Å². The van der Waals surface area contributed by atoms with Crippen molar-refractivity contribution in [3.8, 4) is 0 Å². The summed E-state index contributed by atoms with van der Waals surface area (Å²) in [6.07, 6.45) is 6.62. The zero-order valence-electron chi connectivity index (χ0n) is 6.45. The maximum Gasteiger partial charge on any atom is 0.165 e. The van der Waals surface area contributed by atoms with E-state index in [1.54, 1.807) is 18.2 Å². The normalized spacial score (nSPS) is 35.7. The van der Waals surface area contributed by atoms with Gasteiger partial charge < -0.3 is 5.11 Å². The summed E-state index contributed by atoms with van der Waals surface area (Å²) in [6.45, 7) is 5.03. The zero-order valence-corrected chi connectivity index (χ0v) is 6.45. The summed E-state index contributed by atoms with van der Waals surface area (Å²) in [5.74, 6) is -0.636. The summed E-state index contributed by atoms with van der Waals surface area (Å²) in [5, 5.41) is 9.67. The van der Waals surface area contributed by atoms with E-state index >= 15 is 0 Å². The molecule has 0 aromatic carbocycles. The van der Waals surface area contributed by atoms with Crippen molar-refractivity contribution in [3.05, 3.63) is 31.2 Å². The Morgan fingerprint density at radius 1 is 1.64 bits per heavy atom. The molecule has 11 heavy (non-hydrogen) atoms. The Hall–Kier alpha value is -0.890. The molecule has 59 valence electrons. The lowest BCUT2D eigenvalue weighted by Crippen LogP contribution is -2.41. The summed E-state index contributed by atoms with van der Waals surface area (Å²) in [7, 11) is 0. The van der Waals surface area contributed by atoms with Crippen molar-refractivity contribution in [1.29, 1.82) is 0 Å². The third kappa shape index (κ3) is 1.26. The van der Waals surface area contributed by atoms with Crippen LogP contribution in [0.1, 0.15) is 6.92 Å². The number of aliphatic hydroxyl groups is 1. The first-order valence-electron chi connectivity index (χ1n) is 3.50. The molecule has 0 spiro atoms. The number of hydrogen-bond acceptors (Lipinski definition) is 2. The Morgan fingerprint density at radius 3 is 2.64 bits per heavy atom. The number of allylic oxidation sites excluding steroid dienone is 2. The second kappa shape index (κ2) is 2.62. The van der Waals surface area contributed by atoms with Gasteiger partial charge in [0.15, 0.2) is 5.78 Å². The van der Waals surface area contributed by atoms with E-state index in [1.165, 1.54) is 13.0 Å². The third-order valence-electron chi connectivity index (χ3n) is 1.93. The van der Waals surface area contributed by atoms with Crippen molar-refractivity contribution in [3.63, 3.8) is 0 Å². The van der Waals surface area contributed by atoms with Crippen LogP contribution in [0.3, 0.4) is 0 Å². The minimum atomic E-state index is -1.38. The number of rotatable bonds is 1. The van der Waals surface area contributed by atoms with Crippen LogP contribution in [-0.2, 0) is 4.79 Å². The maximum absolute atomic E-state index is 11.0. The van der Waals surface area contributed by atoms with Gasteiger partial charge in [0, 0.05) is 5.92 Å². The fraction of sp³-hybridized carbons (Fsp3) is 0.333. The van der Waals surface area contributed by atoms with Crippen LogP contribution in [0.5, 0.6) is 0 Å². The van der Waals surface area contributed by atoms with Gasteiger partial charge in [-0.25, -0.2) is 0 Å². The number of ketones is 1. The van der Waals surface area contributed by atoms with E-state index < -0.39 is 5.60 Å². The molecule has 0 amide bonds. The summed E-state index contributed by atoms with van der Waals surface area (Å²) in [5.41, 5.74) is -1.38. The van der Waals surface area contributed by atoms with Gasteiger partial charge in [-0.15, -0.1) is 0 Å². The molecular weight excluding hydrogens is 140 g/mol. The van der Waals surface area contributed by atoms with Crippen LogP contribution >= 0.6 is 0 Å². The standard InChI is InChI=1S/C9H11O2/c1-7-5-3-4-6-9(7,11)8(2)10/h3-7,11H,1H2,2H3. The van der Waals surface area contributed by atoms with Crippen LogP contribution in [0.2, 0.25) is 0 Å². The highest BCUT2D eigenvalue weighted by atomic mass is 16.3. The summed E-state index contributed by atoms with van der Waals surface area (Å²) >= 11 is 0. The molecular formula is C9H11O2. The zero-order chi connectivity index (χ0) is 8.48. The van der Waals surface area contributed by atoms with Gasteiger partial charge in [-0.3, -0.25) is 4.79 Å². The lowest BCUT2D eigenvalue weighted by molar-refractivity contribution is -0.132. The van der Waals surface area contributed by atoms with Gasteiger partial charge in [-0.2, -0.15) is 0 Å². The Kier molecular flexibility index (Phi) is 1.96. The second-order valence-corrected chi connectivity index (χ2v) is 2.73. The Morgan fingerprint density at radius 2 is 2.27 bits per heavy atom. The minimum Gasteiger partial charge on any atom is -0.377 e. The van der Waals surface area contributed by atoms with Gasteiger partial charge in [0.1, 0.15) is 5.60 Å². The molecule has 0 saturated heterocycles.